The Hall–Kier alpha value is -1.69. The highest BCUT2D eigenvalue weighted by Gasteiger charge is 2.33. The van der Waals surface area contributed by atoms with Crippen molar-refractivity contribution in [3.63, 3.8) is 0 Å². The van der Waals surface area contributed by atoms with E-state index in [9.17, 15) is 4.79 Å². The van der Waals surface area contributed by atoms with E-state index < -0.39 is 0 Å². The van der Waals surface area contributed by atoms with Crippen molar-refractivity contribution < 1.29 is 4.79 Å². The number of nitrogens with two attached hydrogens (primary N) is 1. The van der Waals surface area contributed by atoms with Crippen LogP contribution >= 0.6 is 0 Å². The van der Waals surface area contributed by atoms with Gasteiger partial charge in [-0.05, 0) is 25.2 Å². The first-order chi connectivity index (χ1) is 9.11. The number of hydrogen-bond acceptors (Lipinski definition) is 5. The maximum Gasteiger partial charge on any atom is 0.274 e. The number of carbonyl (C=O) groups excluding carboxylic acids is 1. The molecular weight excluding hydrogens is 242 g/mol. The van der Waals surface area contributed by atoms with Gasteiger partial charge in [-0.25, -0.2) is 15.8 Å². The van der Waals surface area contributed by atoms with E-state index in [1.807, 2.05) is 4.90 Å². The topological polar surface area (TPSA) is 84.1 Å². The van der Waals surface area contributed by atoms with Crippen LogP contribution in [-0.4, -0.2) is 33.4 Å². The average Bonchev–Trinajstić information content (AvgIpc) is 3.23. The Labute approximate surface area is 113 Å². The number of nitrogens with zero attached hydrogens (tertiary/aromatic N) is 3. The summed E-state index contributed by atoms with van der Waals surface area (Å²) in [5.74, 6) is 6.24. The van der Waals surface area contributed by atoms with Crippen LogP contribution in [0, 0.1) is 5.92 Å². The zero-order valence-corrected chi connectivity index (χ0v) is 11.5. The fourth-order valence-corrected chi connectivity index (χ4v) is 1.89. The highest BCUT2D eigenvalue weighted by molar-refractivity contribution is 5.92. The fraction of sp³-hybridized carbons (Fsp3) is 0.615. The molecule has 3 N–H and O–H groups in total. The van der Waals surface area contributed by atoms with E-state index in [4.69, 9.17) is 5.84 Å². The smallest absolute Gasteiger partial charge is 0.274 e. The number of hydrogen-bond donors (Lipinski definition) is 2. The lowest BCUT2D eigenvalue weighted by Gasteiger charge is -2.22. The molecule has 1 aromatic heterocycles. The first kappa shape index (κ1) is 13.7. The Morgan fingerprint density at radius 3 is 2.68 bits per heavy atom. The second kappa shape index (κ2) is 5.97. The van der Waals surface area contributed by atoms with Gasteiger partial charge >= 0.3 is 0 Å². The van der Waals surface area contributed by atoms with Crippen molar-refractivity contribution >= 4 is 11.7 Å². The number of carbonyl (C=O) groups is 1. The third-order valence-corrected chi connectivity index (χ3v) is 3.21. The van der Waals surface area contributed by atoms with Crippen molar-refractivity contribution in [3.8, 4) is 0 Å². The molecule has 1 fully saturated rings. The van der Waals surface area contributed by atoms with E-state index in [-0.39, 0.29) is 5.91 Å². The SMILES string of the molecule is CC(C)CCN(C(=O)c1cnc(NN)cn1)C1CC1. The van der Waals surface area contributed by atoms with Crippen molar-refractivity contribution in [2.75, 3.05) is 12.0 Å². The number of anilines is 1. The lowest BCUT2D eigenvalue weighted by molar-refractivity contribution is 0.0729. The van der Waals surface area contributed by atoms with Crippen LogP contribution in [0.5, 0.6) is 0 Å². The monoisotopic (exact) mass is 263 g/mol. The Balaban J connectivity index is 2.05. The van der Waals surface area contributed by atoms with E-state index in [2.05, 4.69) is 29.2 Å². The number of rotatable bonds is 6. The summed E-state index contributed by atoms with van der Waals surface area (Å²) in [6.07, 6.45) is 6.15. The van der Waals surface area contributed by atoms with E-state index in [1.54, 1.807) is 0 Å². The van der Waals surface area contributed by atoms with Crippen molar-refractivity contribution in [1.82, 2.24) is 14.9 Å². The molecule has 0 unspecified atom stereocenters. The maximum absolute atomic E-state index is 12.4. The molecule has 1 saturated carbocycles. The average molecular weight is 263 g/mol. The summed E-state index contributed by atoms with van der Waals surface area (Å²) in [7, 11) is 0. The number of hydrazine groups is 1. The summed E-state index contributed by atoms with van der Waals surface area (Å²) in [5, 5.41) is 0. The Morgan fingerprint density at radius 2 is 2.21 bits per heavy atom. The molecular formula is C13H21N5O. The molecule has 6 heteroatoms. The molecule has 0 radical (unpaired) electrons. The number of nitrogen functional groups attached to an aromatic ring is 1. The summed E-state index contributed by atoms with van der Waals surface area (Å²) >= 11 is 0. The standard InChI is InChI=1S/C13H21N5O/c1-9(2)5-6-18(10-3-4-10)13(19)11-7-16-12(17-14)8-15-11/h7-10H,3-6,14H2,1-2H3,(H,16,17). The van der Waals surface area contributed by atoms with Crippen LogP contribution < -0.4 is 11.3 Å². The zero-order valence-electron chi connectivity index (χ0n) is 11.5. The molecule has 1 aliphatic rings. The lowest BCUT2D eigenvalue weighted by atomic mass is 10.1. The number of amides is 1. The minimum Gasteiger partial charge on any atom is -0.334 e. The van der Waals surface area contributed by atoms with E-state index in [0.29, 0.717) is 23.5 Å². The van der Waals surface area contributed by atoms with Crippen molar-refractivity contribution in [2.24, 2.45) is 11.8 Å². The molecule has 1 heterocycles. The lowest BCUT2D eigenvalue weighted by Crippen LogP contribution is -2.35. The molecule has 0 atom stereocenters. The van der Waals surface area contributed by atoms with Crippen LogP contribution in [0.1, 0.15) is 43.6 Å². The predicted molar refractivity (Wildman–Crippen MR) is 73.4 cm³/mol. The summed E-state index contributed by atoms with van der Waals surface area (Å²) in [4.78, 5) is 22.5. The minimum atomic E-state index is -0.0285. The third-order valence-electron chi connectivity index (χ3n) is 3.21. The van der Waals surface area contributed by atoms with Gasteiger partial charge in [0.25, 0.3) is 5.91 Å². The fourth-order valence-electron chi connectivity index (χ4n) is 1.89. The number of aromatic nitrogens is 2. The second-order valence-corrected chi connectivity index (χ2v) is 5.34. The van der Waals surface area contributed by atoms with E-state index in [0.717, 1.165) is 25.8 Å². The molecule has 19 heavy (non-hydrogen) atoms. The third kappa shape index (κ3) is 3.64. The van der Waals surface area contributed by atoms with Crippen LogP contribution in [0.25, 0.3) is 0 Å². The van der Waals surface area contributed by atoms with Crippen molar-refractivity contribution in [2.45, 2.75) is 39.2 Å². The van der Waals surface area contributed by atoms with Gasteiger partial charge in [0.2, 0.25) is 0 Å². The van der Waals surface area contributed by atoms with Gasteiger partial charge in [0.1, 0.15) is 5.69 Å². The van der Waals surface area contributed by atoms with Gasteiger partial charge in [-0.15, -0.1) is 0 Å². The zero-order chi connectivity index (χ0) is 13.8. The molecule has 1 aliphatic carbocycles. The van der Waals surface area contributed by atoms with Crippen LogP contribution in [-0.2, 0) is 0 Å². The molecule has 1 amide bonds. The molecule has 2 rings (SSSR count). The summed E-state index contributed by atoms with van der Waals surface area (Å²) in [5.41, 5.74) is 2.78. The highest BCUT2D eigenvalue weighted by Crippen LogP contribution is 2.28. The largest absolute Gasteiger partial charge is 0.334 e. The molecule has 0 aliphatic heterocycles. The van der Waals surface area contributed by atoms with Crippen molar-refractivity contribution in [1.29, 1.82) is 0 Å². The van der Waals surface area contributed by atoms with Gasteiger partial charge in [0.15, 0.2) is 5.82 Å². The summed E-state index contributed by atoms with van der Waals surface area (Å²) < 4.78 is 0. The number of nitrogens with one attached hydrogen (secondary N) is 1. The molecule has 0 spiro atoms. The van der Waals surface area contributed by atoms with Crippen molar-refractivity contribution in [3.05, 3.63) is 18.1 Å². The van der Waals surface area contributed by atoms with Gasteiger partial charge < -0.3 is 10.3 Å². The van der Waals surface area contributed by atoms with Gasteiger partial charge in [0.05, 0.1) is 12.4 Å². The Morgan fingerprint density at radius 1 is 1.47 bits per heavy atom. The van der Waals surface area contributed by atoms with Gasteiger partial charge in [0, 0.05) is 12.6 Å². The summed E-state index contributed by atoms with van der Waals surface area (Å²) in [6, 6.07) is 0.389. The normalized spacial score (nSPS) is 14.5. The predicted octanol–water partition coefficient (Wildman–Crippen LogP) is 1.41. The summed E-state index contributed by atoms with van der Waals surface area (Å²) in [6.45, 7) is 5.12. The van der Waals surface area contributed by atoms with Crippen LogP contribution in [0.4, 0.5) is 5.82 Å². The van der Waals surface area contributed by atoms with Gasteiger partial charge in [-0.1, -0.05) is 13.8 Å². The quantitative estimate of drug-likeness (QED) is 0.599. The van der Waals surface area contributed by atoms with Crippen LogP contribution in [0.3, 0.4) is 0 Å². The molecule has 0 saturated heterocycles. The van der Waals surface area contributed by atoms with E-state index in [1.165, 1.54) is 12.4 Å². The van der Waals surface area contributed by atoms with Gasteiger partial charge in [-0.2, -0.15) is 0 Å². The van der Waals surface area contributed by atoms with Gasteiger partial charge in [-0.3, -0.25) is 4.79 Å². The Kier molecular flexibility index (Phi) is 4.31. The molecule has 0 bridgehead atoms. The molecule has 0 aromatic carbocycles. The highest BCUT2D eigenvalue weighted by atomic mass is 16.2. The first-order valence-electron chi connectivity index (χ1n) is 6.71. The van der Waals surface area contributed by atoms with E-state index >= 15 is 0 Å². The molecule has 1 aromatic rings. The Bertz CT molecular complexity index is 427. The minimum absolute atomic E-state index is 0.0285. The molecule has 104 valence electrons. The second-order valence-electron chi connectivity index (χ2n) is 5.34. The maximum atomic E-state index is 12.4. The van der Waals surface area contributed by atoms with Crippen LogP contribution in [0.2, 0.25) is 0 Å². The molecule has 6 nitrogen and oxygen atoms in total. The first-order valence-corrected chi connectivity index (χ1v) is 6.71. The van der Waals surface area contributed by atoms with Crippen LogP contribution in [0.15, 0.2) is 12.4 Å².